The van der Waals surface area contributed by atoms with Crippen LogP contribution in [0.25, 0.3) is 0 Å². The quantitative estimate of drug-likeness (QED) is 0.641. The molecule has 0 heterocycles. The summed E-state index contributed by atoms with van der Waals surface area (Å²) in [6.07, 6.45) is 0.271. The number of alkyl halides is 3. The highest BCUT2D eigenvalue weighted by Gasteiger charge is 2.21. The second-order valence-electron chi connectivity index (χ2n) is 2.53. The third-order valence-corrected chi connectivity index (χ3v) is 2.39. The van der Waals surface area contributed by atoms with Crippen molar-refractivity contribution in [2.75, 3.05) is 0 Å². The molecule has 0 nitrogen and oxygen atoms in total. The predicted molar refractivity (Wildman–Crippen MR) is 60.5 cm³/mol. The van der Waals surface area contributed by atoms with Crippen molar-refractivity contribution in [1.29, 1.82) is 0 Å². The largest absolute Gasteiger partial charge is 0.194 e. The Hall–Kier alpha value is 0.670. The van der Waals surface area contributed by atoms with Crippen molar-refractivity contribution < 1.29 is 0 Å². The minimum absolute atomic E-state index is 0.271. The van der Waals surface area contributed by atoms with Crippen molar-refractivity contribution in [2.45, 2.75) is 10.2 Å². The topological polar surface area (TPSA) is 0 Å². The standard InChI is InChI=1S/C8H5Cl5/c9-6-2-1-5(7(10)3-6)4-8(11,12)13/h1-3H,4H2. The summed E-state index contributed by atoms with van der Waals surface area (Å²) in [6.45, 7) is 0. The van der Waals surface area contributed by atoms with Crippen molar-refractivity contribution in [2.24, 2.45) is 0 Å². The molecule has 1 aromatic carbocycles. The van der Waals surface area contributed by atoms with Gasteiger partial charge >= 0.3 is 0 Å². The maximum Gasteiger partial charge on any atom is 0.194 e. The molecule has 0 unspecified atom stereocenters. The number of halogens is 5. The van der Waals surface area contributed by atoms with E-state index in [9.17, 15) is 0 Å². The van der Waals surface area contributed by atoms with E-state index in [1.54, 1.807) is 18.2 Å². The number of rotatable bonds is 1. The van der Waals surface area contributed by atoms with Crippen LogP contribution in [0.15, 0.2) is 18.2 Å². The molecular formula is C8H5Cl5. The molecule has 0 bridgehead atoms. The Morgan fingerprint density at radius 1 is 1.08 bits per heavy atom. The van der Waals surface area contributed by atoms with Gasteiger partial charge < -0.3 is 0 Å². The first kappa shape index (κ1) is 11.7. The van der Waals surface area contributed by atoms with Crippen molar-refractivity contribution in [3.63, 3.8) is 0 Å². The molecule has 0 amide bonds. The van der Waals surface area contributed by atoms with Gasteiger partial charge in [-0.1, -0.05) is 64.1 Å². The van der Waals surface area contributed by atoms with E-state index in [2.05, 4.69) is 0 Å². The van der Waals surface area contributed by atoms with E-state index in [0.29, 0.717) is 10.0 Å². The lowest BCUT2D eigenvalue weighted by molar-refractivity contribution is 1.02. The Kier molecular flexibility index (Phi) is 4.03. The molecule has 0 aliphatic heterocycles. The third-order valence-electron chi connectivity index (χ3n) is 1.41. The summed E-state index contributed by atoms with van der Waals surface area (Å²) in [5, 5.41) is 1.08. The lowest BCUT2D eigenvalue weighted by Crippen LogP contribution is -2.06. The van der Waals surface area contributed by atoms with Crippen molar-refractivity contribution in [3.8, 4) is 0 Å². The zero-order valence-electron chi connectivity index (χ0n) is 6.33. The second-order valence-corrected chi connectivity index (χ2v) is 5.89. The van der Waals surface area contributed by atoms with Gasteiger partial charge in [0.2, 0.25) is 0 Å². The van der Waals surface area contributed by atoms with Crippen LogP contribution in [0.1, 0.15) is 5.56 Å². The minimum Gasteiger partial charge on any atom is -0.0843 e. The van der Waals surface area contributed by atoms with Crippen LogP contribution >= 0.6 is 58.0 Å². The van der Waals surface area contributed by atoms with Crippen LogP contribution in [0.3, 0.4) is 0 Å². The average Bonchev–Trinajstić information content (AvgIpc) is 1.93. The molecule has 5 heteroatoms. The molecule has 0 radical (unpaired) electrons. The maximum absolute atomic E-state index is 5.88. The predicted octanol–water partition coefficient (Wildman–Crippen LogP) is 4.91. The van der Waals surface area contributed by atoms with E-state index in [-0.39, 0.29) is 6.42 Å². The Balaban J connectivity index is 2.90. The Bertz CT molecular complexity index is 302. The first-order valence-corrected chi connectivity index (χ1v) is 5.28. The molecule has 0 saturated carbocycles. The van der Waals surface area contributed by atoms with Crippen molar-refractivity contribution in [1.82, 2.24) is 0 Å². The fourth-order valence-corrected chi connectivity index (χ4v) is 1.79. The normalized spacial score (nSPS) is 11.8. The van der Waals surface area contributed by atoms with E-state index in [1.165, 1.54) is 0 Å². The van der Waals surface area contributed by atoms with E-state index in [0.717, 1.165) is 5.56 Å². The van der Waals surface area contributed by atoms with Crippen molar-refractivity contribution in [3.05, 3.63) is 33.8 Å². The zero-order chi connectivity index (χ0) is 10.1. The molecule has 0 aliphatic carbocycles. The molecule has 0 aromatic heterocycles. The lowest BCUT2D eigenvalue weighted by atomic mass is 10.2. The smallest absolute Gasteiger partial charge is 0.0843 e. The maximum atomic E-state index is 5.88. The first-order chi connectivity index (χ1) is 5.88. The zero-order valence-corrected chi connectivity index (χ0v) is 10.1. The molecule has 1 aromatic rings. The molecule has 0 spiro atoms. The number of hydrogen-bond acceptors (Lipinski definition) is 0. The molecular weight excluding hydrogens is 273 g/mol. The van der Waals surface area contributed by atoms with Crippen LogP contribution in [0, 0.1) is 0 Å². The molecule has 0 N–H and O–H groups in total. The van der Waals surface area contributed by atoms with Gasteiger partial charge in [0, 0.05) is 16.5 Å². The van der Waals surface area contributed by atoms with Gasteiger partial charge in [0.15, 0.2) is 3.79 Å². The summed E-state index contributed by atoms with van der Waals surface area (Å²) in [5.74, 6) is 0. The summed E-state index contributed by atoms with van der Waals surface area (Å²) in [4.78, 5) is 0. The van der Waals surface area contributed by atoms with E-state index in [4.69, 9.17) is 58.0 Å². The molecule has 72 valence electrons. The summed E-state index contributed by atoms with van der Waals surface area (Å²) >= 11 is 28.4. The highest BCUT2D eigenvalue weighted by molar-refractivity contribution is 6.67. The van der Waals surface area contributed by atoms with Crippen LogP contribution in [-0.4, -0.2) is 3.79 Å². The summed E-state index contributed by atoms with van der Waals surface area (Å²) in [6, 6.07) is 5.07. The van der Waals surface area contributed by atoms with Gasteiger partial charge in [-0.05, 0) is 17.7 Å². The van der Waals surface area contributed by atoms with E-state index >= 15 is 0 Å². The van der Waals surface area contributed by atoms with Gasteiger partial charge in [-0.15, -0.1) is 0 Å². The molecule has 0 fully saturated rings. The summed E-state index contributed by atoms with van der Waals surface area (Å²) in [7, 11) is 0. The fourth-order valence-electron chi connectivity index (χ4n) is 0.881. The van der Waals surface area contributed by atoms with Crippen LogP contribution < -0.4 is 0 Å². The first-order valence-electron chi connectivity index (χ1n) is 3.39. The molecule has 0 atom stereocenters. The van der Waals surface area contributed by atoms with Crippen LogP contribution in [0.5, 0.6) is 0 Å². The molecule has 13 heavy (non-hydrogen) atoms. The summed E-state index contributed by atoms with van der Waals surface area (Å²) < 4.78 is -1.32. The number of hydrogen-bond donors (Lipinski definition) is 0. The highest BCUT2D eigenvalue weighted by atomic mass is 35.6. The Morgan fingerprint density at radius 2 is 1.69 bits per heavy atom. The number of benzene rings is 1. The van der Waals surface area contributed by atoms with Gasteiger partial charge in [-0.3, -0.25) is 0 Å². The van der Waals surface area contributed by atoms with E-state index in [1.807, 2.05) is 0 Å². The van der Waals surface area contributed by atoms with E-state index < -0.39 is 3.79 Å². The minimum atomic E-state index is -1.32. The SMILES string of the molecule is Clc1ccc(CC(Cl)(Cl)Cl)c(Cl)c1. The fraction of sp³-hybridized carbons (Fsp3) is 0.250. The Labute approximate surface area is 102 Å². The van der Waals surface area contributed by atoms with Gasteiger partial charge in [-0.2, -0.15) is 0 Å². The van der Waals surface area contributed by atoms with Gasteiger partial charge in [0.1, 0.15) is 0 Å². The molecule has 0 aliphatic rings. The lowest BCUT2D eigenvalue weighted by Gasteiger charge is -2.11. The van der Waals surface area contributed by atoms with Crippen LogP contribution in [0.2, 0.25) is 10.0 Å². The molecule has 0 saturated heterocycles. The average molecular weight is 278 g/mol. The van der Waals surface area contributed by atoms with Crippen LogP contribution in [0.4, 0.5) is 0 Å². The third kappa shape index (κ3) is 4.14. The van der Waals surface area contributed by atoms with Crippen LogP contribution in [-0.2, 0) is 6.42 Å². The monoisotopic (exact) mass is 276 g/mol. The van der Waals surface area contributed by atoms with Gasteiger partial charge in [0.25, 0.3) is 0 Å². The molecule has 1 rings (SSSR count). The second kappa shape index (κ2) is 4.46. The van der Waals surface area contributed by atoms with Gasteiger partial charge in [0.05, 0.1) is 0 Å². The Morgan fingerprint density at radius 3 is 2.15 bits per heavy atom. The van der Waals surface area contributed by atoms with Gasteiger partial charge in [-0.25, -0.2) is 0 Å². The van der Waals surface area contributed by atoms with Crippen molar-refractivity contribution >= 4 is 58.0 Å². The summed E-state index contributed by atoms with van der Waals surface area (Å²) in [5.41, 5.74) is 0.770. The highest BCUT2D eigenvalue weighted by Crippen LogP contribution is 2.33.